The summed E-state index contributed by atoms with van der Waals surface area (Å²) in [5, 5.41) is 2.83. The van der Waals surface area contributed by atoms with Gasteiger partial charge in [0.1, 0.15) is 0 Å². The van der Waals surface area contributed by atoms with Gasteiger partial charge in [-0.1, -0.05) is 0 Å². The molecule has 0 aromatic rings. The summed E-state index contributed by atoms with van der Waals surface area (Å²) in [7, 11) is 1.64. The van der Waals surface area contributed by atoms with Crippen LogP contribution in [0.2, 0.25) is 0 Å². The Bertz CT molecular complexity index is 129. The van der Waals surface area contributed by atoms with Crippen LogP contribution in [0, 0.1) is 0 Å². The number of methoxy groups -OCH3 is 1. The molecule has 0 radical (unpaired) electrons. The van der Waals surface area contributed by atoms with Gasteiger partial charge in [0.2, 0.25) is 5.91 Å². The lowest BCUT2D eigenvalue weighted by molar-refractivity contribution is -0.121. The number of nitrogens with one attached hydrogen (secondary N) is 1. The maximum absolute atomic E-state index is 11.1. The first kappa shape index (κ1) is 12.4. The third-order valence-electron chi connectivity index (χ3n) is 1.71. The molecule has 0 fully saturated rings. The van der Waals surface area contributed by atoms with E-state index in [1.165, 1.54) is 0 Å². The normalized spacial score (nSPS) is 10.0. The van der Waals surface area contributed by atoms with E-state index in [4.69, 9.17) is 10.5 Å². The minimum Gasteiger partial charge on any atom is -0.385 e. The van der Waals surface area contributed by atoms with Crippen LogP contribution >= 0.6 is 0 Å². The van der Waals surface area contributed by atoms with Crippen molar-refractivity contribution in [1.82, 2.24) is 5.32 Å². The fourth-order valence-electron chi connectivity index (χ4n) is 0.963. The van der Waals surface area contributed by atoms with Crippen molar-refractivity contribution in [1.29, 1.82) is 0 Å². The predicted molar refractivity (Wildman–Crippen MR) is 52.4 cm³/mol. The van der Waals surface area contributed by atoms with E-state index in [-0.39, 0.29) is 5.91 Å². The lowest BCUT2D eigenvalue weighted by atomic mass is 10.3. The van der Waals surface area contributed by atoms with Crippen LogP contribution in [0.1, 0.15) is 25.7 Å². The van der Waals surface area contributed by atoms with Crippen LogP contribution in [0.5, 0.6) is 0 Å². The van der Waals surface area contributed by atoms with Gasteiger partial charge in [-0.3, -0.25) is 4.79 Å². The fraction of sp³-hybridized carbons (Fsp3) is 0.889. The van der Waals surface area contributed by atoms with Gasteiger partial charge in [0.05, 0.1) is 0 Å². The molecule has 0 aliphatic carbocycles. The van der Waals surface area contributed by atoms with Crippen molar-refractivity contribution < 1.29 is 9.53 Å². The number of hydrogen-bond acceptors (Lipinski definition) is 3. The zero-order valence-corrected chi connectivity index (χ0v) is 8.34. The van der Waals surface area contributed by atoms with Crippen LogP contribution in [0.15, 0.2) is 0 Å². The van der Waals surface area contributed by atoms with E-state index < -0.39 is 0 Å². The van der Waals surface area contributed by atoms with E-state index in [0.717, 1.165) is 25.8 Å². The van der Waals surface area contributed by atoms with Crippen molar-refractivity contribution in [2.45, 2.75) is 25.7 Å². The first-order valence-corrected chi connectivity index (χ1v) is 4.77. The number of carbonyl (C=O) groups is 1. The molecule has 0 aliphatic heterocycles. The molecule has 0 aromatic carbocycles. The van der Waals surface area contributed by atoms with E-state index in [1.54, 1.807) is 7.11 Å². The van der Waals surface area contributed by atoms with Gasteiger partial charge in [-0.05, 0) is 25.8 Å². The summed E-state index contributed by atoms with van der Waals surface area (Å²) in [5.41, 5.74) is 5.31. The second kappa shape index (κ2) is 9.48. The lowest BCUT2D eigenvalue weighted by Crippen LogP contribution is -2.24. The molecular formula is C9H20N2O2. The highest BCUT2D eigenvalue weighted by Gasteiger charge is 1.98. The van der Waals surface area contributed by atoms with Gasteiger partial charge in [-0.2, -0.15) is 0 Å². The summed E-state index contributed by atoms with van der Waals surface area (Å²) in [6.07, 6.45) is 3.28. The topological polar surface area (TPSA) is 64.3 Å². The molecule has 0 saturated carbocycles. The number of hydrogen-bond donors (Lipinski definition) is 2. The molecule has 0 aliphatic rings. The summed E-state index contributed by atoms with van der Waals surface area (Å²) < 4.78 is 4.84. The fourth-order valence-corrected chi connectivity index (χ4v) is 0.963. The molecule has 1 amide bonds. The lowest BCUT2D eigenvalue weighted by Gasteiger charge is -2.03. The summed E-state index contributed by atoms with van der Waals surface area (Å²) >= 11 is 0. The Kier molecular flexibility index (Phi) is 9.03. The minimum absolute atomic E-state index is 0.106. The highest BCUT2D eigenvalue weighted by Crippen LogP contribution is 1.90. The molecule has 13 heavy (non-hydrogen) atoms. The molecule has 3 N–H and O–H groups in total. The highest BCUT2D eigenvalue weighted by molar-refractivity contribution is 5.75. The number of unbranched alkanes of at least 4 members (excludes halogenated alkanes) is 1. The number of carbonyl (C=O) groups excluding carboxylic acids is 1. The SMILES string of the molecule is COCCCC(=O)NCCCCN. The average molecular weight is 188 g/mol. The van der Waals surface area contributed by atoms with Crippen molar-refractivity contribution in [2.24, 2.45) is 5.73 Å². The third kappa shape index (κ3) is 9.30. The summed E-state index contributed by atoms with van der Waals surface area (Å²) in [6, 6.07) is 0. The molecule has 0 rings (SSSR count). The number of amides is 1. The third-order valence-corrected chi connectivity index (χ3v) is 1.71. The first-order chi connectivity index (χ1) is 6.31. The Hall–Kier alpha value is -0.610. The van der Waals surface area contributed by atoms with Crippen LogP contribution in [0.4, 0.5) is 0 Å². The number of ether oxygens (including phenoxy) is 1. The Morgan fingerprint density at radius 1 is 1.38 bits per heavy atom. The highest BCUT2D eigenvalue weighted by atomic mass is 16.5. The molecule has 0 spiro atoms. The molecular weight excluding hydrogens is 168 g/mol. The van der Waals surface area contributed by atoms with E-state index in [0.29, 0.717) is 19.6 Å². The van der Waals surface area contributed by atoms with Crippen LogP contribution in [-0.4, -0.2) is 32.7 Å². The molecule has 0 heterocycles. The maximum Gasteiger partial charge on any atom is 0.220 e. The predicted octanol–water partition coefficient (Wildman–Crippen LogP) is 0.268. The summed E-state index contributed by atoms with van der Waals surface area (Å²) in [5.74, 6) is 0.106. The molecule has 0 unspecified atom stereocenters. The van der Waals surface area contributed by atoms with Crippen LogP contribution in [0.25, 0.3) is 0 Å². The summed E-state index contributed by atoms with van der Waals surface area (Å²) in [6.45, 7) is 2.08. The van der Waals surface area contributed by atoms with Crippen LogP contribution in [0.3, 0.4) is 0 Å². The smallest absolute Gasteiger partial charge is 0.220 e. The van der Waals surface area contributed by atoms with E-state index in [2.05, 4.69) is 5.32 Å². The number of rotatable bonds is 8. The maximum atomic E-state index is 11.1. The van der Waals surface area contributed by atoms with Gasteiger partial charge < -0.3 is 15.8 Å². The van der Waals surface area contributed by atoms with Gasteiger partial charge >= 0.3 is 0 Å². The van der Waals surface area contributed by atoms with Crippen LogP contribution in [-0.2, 0) is 9.53 Å². The van der Waals surface area contributed by atoms with Crippen molar-refractivity contribution >= 4 is 5.91 Å². The molecule has 78 valence electrons. The zero-order valence-electron chi connectivity index (χ0n) is 8.34. The molecule has 0 bridgehead atoms. The molecule has 0 atom stereocenters. The largest absolute Gasteiger partial charge is 0.385 e. The quantitative estimate of drug-likeness (QED) is 0.537. The molecule has 4 nitrogen and oxygen atoms in total. The van der Waals surface area contributed by atoms with E-state index >= 15 is 0 Å². The minimum atomic E-state index is 0.106. The second-order valence-electron chi connectivity index (χ2n) is 2.94. The van der Waals surface area contributed by atoms with Gasteiger partial charge in [-0.25, -0.2) is 0 Å². The van der Waals surface area contributed by atoms with Gasteiger partial charge in [0.25, 0.3) is 0 Å². The van der Waals surface area contributed by atoms with Crippen molar-refractivity contribution in [3.63, 3.8) is 0 Å². The average Bonchev–Trinajstić information content (AvgIpc) is 2.13. The monoisotopic (exact) mass is 188 g/mol. The standard InChI is InChI=1S/C9H20N2O2/c1-13-8-4-5-9(12)11-7-3-2-6-10/h2-8,10H2,1H3,(H,11,12). The van der Waals surface area contributed by atoms with Crippen molar-refractivity contribution in [2.75, 3.05) is 26.8 Å². The van der Waals surface area contributed by atoms with Crippen LogP contribution < -0.4 is 11.1 Å². The van der Waals surface area contributed by atoms with Crippen molar-refractivity contribution in [3.8, 4) is 0 Å². The zero-order chi connectivity index (χ0) is 9.94. The van der Waals surface area contributed by atoms with Crippen molar-refractivity contribution in [3.05, 3.63) is 0 Å². The molecule has 0 saturated heterocycles. The number of nitrogens with two attached hydrogens (primary N) is 1. The van der Waals surface area contributed by atoms with E-state index in [9.17, 15) is 4.79 Å². The molecule has 0 aromatic heterocycles. The van der Waals surface area contributed by atoms with E-state index in [1.807, 2.05) is 0 Å². The Morgan fingerprint density at radius 2 is 2.15 bits per heavy atom. The Labute approximate surface area is 79.8 Å². The second-order valence-corrected chi connectivity index (χ2v) is 2.94. The van der Waals surface area contributed by atoms with Gasteiger partial charge in [0.15, 0.2) is 0 Å². The first-order valence-electron chi connectivity index (χ1n) is 4.77. The van der Waals surface area contributed by atoms with Gasteiger partial charge in [-0.15, -0.1) is 0 Å². The Balaban J connectivity index is 3.11. The van der Waals surface area contributed by atoms with Gasteiger partial charge in [0, 0.05) is 26.7 Å². The Morgan fingerprint density at radius 3 is 2.77 bits per heavy atom. The summed E-state index contributed by atoms with van der Waals surface area (Å²) in [4.78, 5) is 11.1. The molecule has 4 heteroatoms.